The molecule has 0 fully saturated rings. The zero-order valence-corrected chi connectivity index (χ0v) is 29.6. The maximum atomic E-state index is 14.4. The number of benzene rings is 5. The van der Waals surface area contributed by atoms with Crippen molar-refractivity contribution in [3.63, 3.8) is 0 Å². The molecule has 5 rings (SSSR count). The van der Waals surface area contributed by atoms with E-state index in [2.05, 4.69) is 10.6 Å². The number of ether oxygens (including phenoxy) is 2. The first-order valence-corrected chi connectivity index (χ1v) is 19.1. The van der Waals surface area contributed by atoms with Crippen LogP contribution in [-0.2, 0) is 56.1 Å². The van der Waals surface area contributed by atoms with Crippen LogP contribution in [0.2, 0.25) is 0 Å². The van der Waals surface area contributed by atoms with Crippen LogP contribution < -0.4 is 10.6 Å². The van der Waals surface area contributed by atoms with Crippen molar-refractivity contribution in [1.29, 1.82) is 0 Å². The van der Waals surface area contributed by atoms with Gasteiger partial charge in [-0.1, -0.05) is 152 Å². The molecule has 0 aliphatic carbocycles. The zero-order chi connectivity index (χ0) is 36.6. The fourth-order valence-electron chi connectivity index (χ4n) is 5.78. The summed E-state index contributed by atoms with van der Waals surface area (Å²) in [6.07, 6.45) is -1.03. The Bertz CT molecular complexity index is 1900. The van der Waals surface area contributed by atoms with Crippen molar-refractivity contribution in [2.45, 2.75) is 44.3 Å². The second-order valence-corrected chi connectivity index (χ2v) is 15.1. The minimum Gasteiger partial charge on any atom is -0.459 e. The van der Waals surface area contributed by atoms with Crippen molar-refractivity contribution in [2.75, 3.05) is 6.16 Å². The Kier molecular flexibility index (Phi) is 13.9. The number of hydrogen-bond acceptors (Lipinski definition) is 6. The Labute approximate surface area is 304 Å². The second kappa shape index (κ2) is 19.2. The van der Waals surface area contributed by atoms with Gasteiger partial charge in [0, 0.05) is 19.0 Å². The first kappa shape index (κ1) is 37.7. The van der Waals surface area contributed by atoms with Crippen LogP contribution in [0, 0.1) is 5.92 Å². The monoisotopic (exact) mass is 718 g/mol. The normalized spacial score (nSPS) is 13.8. The topological polar surface area (TPSA) is 131 Å². The molecule has 0 heterocycles. The van der Waals surface area contributed by atoms with E-state index < -0.39 is 49.2 Å². The molecule has 268 valence electrons. The smallest absolute Gasteiger partial charge is 0.408 e. The molecule has 5 aromatic rings. The summed E-state index contributed by atoms with van der Waals surface area (Å²) >= 11 is 0. The highest BCUT2D eigenvalue weighted by molar-refractivity contribution is 7.58. The number of esters is 1. The highest BCUT2D eigenvalue weighted by Gasteiger charge is 2.38. The lowest BCUT2D eigenvalue weighted by Gasteiger charge is -2.28. The molecule has 0 aliphatic rings. The second-order valence-electron chi connectivity index (χ2n) is 12.6. The summed E-state index contributed by atoms with van der Waals surface area (Å²) < 4.78 is 25.5. The summed E-state index contributed by atoms with van der Waals surface area (Å²) in [6, 6.07) is 44.7. The van der Waals surface area contributed by atoms with Gasteiger partial charge in [-0.15, -0.1) is 0 Å². The van der Waals surface area contributed by atoms with E-state index in [-0.39, 0.29) is 32.5 Å². The molecule has 3 unspecified atom stereocenters. The molecule has 4 atom stereocenters. The van der Waals surface area contributed by atoms with Gasteiger partial charge in [0.25, 0.3) is 0 Å². The molecular formula is C42H43N2O7P. The van der Waals surface area contributed by atoms with Crippen molar-refractivity contribution >= 4 is 25.3 Å². The van der Waals surface area contributed by atoms with Crippen LogP contribution in [-0.4, -0.2) is 40.8 Å². The average Bonchev–Trinajstić information content (AvgIpc) is 3.17. The van der Waals surface area contributed by atoms with Crippen LogP contribution >= 0.6 is 7.37 Å². The maximum Gasteiger partial charge on any atom is 0.408 e. The number of carbonyl (C=O) groups excluding carboxylic acids is 3. The van der Waals surface area contributed by atoms with Crippen molar-refractivity contribution < 1.29 is 33.3 Å². The van der Waals surface area contributed by atoms with Crippen molar-refractivity contribution in [3.05, 3.63) is 179 Å². The fraction of sp³-hybridized carbons (Fsp3) is 0.214. The third-order valence-corrected chi connectivity index (χ3v) is 10.8. The summed E-state index contributed by atoms with van der Waals surface area (Å²) in [4.78, 5) is 52.5. The molecule has 0 spiro atoms. The van der Waals surface area contributed by atoms with E-state index in [0.717, 1.165) is 27.8 Å². The van der Waals surface area contributed by atoms with E-state index >= 15 is 0 Å². The third kappa shape index (κ3) is 12.1. The third-order valence-electron chi connectivity index (χ3n) is 8.54. The number of alkyl carbamates (subject to hydrolysis) is 1. The van der Waals surface area contributed by atoms with Gasteiger partial charge < -0.3 is 25.0 Å². The Balaban J connectivity index is 1.37. The summed E-state index contributed by atoms with van der Waals surface area (Å²) in [5.41, 5.74) is 3.85. The van der Waals surface area contributed by atoms with Crippen LogP contribution in [0.1, 0.15) is 27.8 Å². The van der Waals surface area contributed by atoms with E-state index in [1.54, 1.807) is 36.4 Å². The molecular weight excluding hydrogens is 675 g/mol. The Hall–Kier alpha value is -5.50. The molecule has 9 nitrogen and oxygen atoms in total. The predicted octanol–water partition coefficient (Wildman–Crippen LogP) is 7.08. The van der Waals surface area contributed by atoms with Crippen molar-refractivity contribution in [3.8, 4) is 0 Å². The number of hydrogen-bond donors (Lipinski definition) is 3. The van der Waals surface area contributed by atoms with Gasteiger partial charge in [0.15, 0.2) is 0 Å². The molecule has 0 bridgehead atoms. The molecule has 2 amide bonds. The minimum atomic E-state index is -4.34. The van der Waals surface area contributed by atoms with Crippen LogP contribution in [0.4, 0.5) is 4.79 Å². The number of amides is 2. The lowest BCUT2D eigenvalue weighted by Crippen LogP contribution is -2.47. The standard InChI is InChI=1S/C42H43N2O7P/c45-40(43-38(27-33-18-8-2-9-19-33)41(46)50-29-35-22-12-4-13-23-35)37(26-32-16-6-1-7-17-32)31-52(48,49)39(28-34-20-10-3-11-21-34)44-42(47)51-30-36-24-14-5-15-25-36/h1-25,37-39H,26-31H2,(H,43,45)(H,44,47)(H,48,49)/t37?,38-,39?/m0/s1. The van der Waals surface area contributed by atoms with E-state index in [9.17, 15) is 23.8 Å². The Morgan fingerprint density at radius 2 is 0.942 bits per heavy atom. The van der Waals surface area contributed by atoms with E-state index in [1.165, 1.54) is 0 Å². The SMILES string of the molecule is O=C(NC(Cc1ccccc1)P(=O)(O)CC(Cc1ccccc1)C(=O)N[C@@H](Cc1ccccc1)C(=O)OCc1ccccc1)OCc1ccccc1. The van der Waals surface area contributed by atoms with Crippen LogP contribution in [0.3, 0.4) is 0 Å². The molecule has 0 saturated heterocycles. The molecule has 0 radical (unpaired) electrons. The largest absolute Gasteiger partial charge is 0.459 e. The fourth-order valence-corrected chi connectivity index (χ4v) is 7.76. The van der Waals surface area contributed by atoms with Crippen molar-refractivity contribution in [2.24, 2.45) is 5.92 Å². The number of nitrogens with one attached hydrogen (secondary N) is 2. The minimum absolute atomic E-state index is 0.0212. The highest BCUT2D eigenvalue weighted by atomic mass is 31.2. The molecule has 3 N–H and O–H groups in total. The molecule has 5 aromatic carbocycles. The number of rotatable bonds is 17. The molecule has 0 aromatic heterocycles. The van der Waals surface area contributed by atoms with E-state index in [4.69, 9.17) is 9.47 Å². The van der Waals surface area contributed by atoms with Gasteiger partial charge in [0.2, 0.25) is 13.3 Å². The van der Waals surface area contributed by atoms with Gasteiger partial charge in [-0.3, -0.25) is 9.36 Å². The van der Waals surface area contributed by atoms with E-state index in [0.29, 0.717) is 0 Å². The highest BCUT2D eigenvalue weighted by Crippen LogP contribution is 2.48. The van der Waals surface area contributed by atoms with E-state index in [1.807, 2.05) is 115 Å². The predicted molar refractivity (Wildman–Crippen MR) is 200 cm³/mol. The van der Waals surface area contributed by atoms with Crippen LogP contribution in [0.5, 0.6) is 0 Å². The van der Waals surface area contributed by atoms with Gasteiger partial charge in [-0.2, -0.15) is 0 Å². The van der Waals surface area contributed by atoms with Crippen LogP contribution in [0.15, 0.2) is 152 Å². The molecule has 0 aliphatic heterocycles. The molecule has 10 heteroatoms. The summed E-state index contributed by atoms with van der Waals surface area (Å²) in [6.45, 7) is -0.00397. The summed E-state index contributed by atoms with van der Waals surface area (Å²) in [5.74, 6) is -3.52. The zero-order valence-electron chi connectivity index (χ0n) is 28.8. The summed E-state index contributed by atoms with van der Waals surface area (Å²) in [7, 11) is -4.34. The average molecular weight is 719 g/mol. The first-order chi connectivity index (χ1) is 25.2. The Morgan fingerprint density at radius 1 is 0.538 bits per heavy atom. The van der Waals surface area contributed by atoms with Crippen molar-refractivity contribution in [1.82, 2.24) is 10.6 Å². The van der Waals surface area contributed by atoms with Gasteiger partial charge in [-0.05, 0) is 34.2 Å². The lowest BCUT2D eigenvalue weighted by molar-refractivity contribution is -0.149. The van der Waals surface area contributed by atoms with Gasteiger partial charge >= 0.3 is 12.1 Å². The number of carbonyl (C=O) groups is 3. The van der Waals surface area contributed by atoms with Gasteiger partial charge in [0.1, 0.15) is 25.0 Å². The van der Waals surface area contributed by atoms with Gasteiger partial charge in [-0.25, -0.2) is 9.59 Å². The van der Waals surface area contributed by atoms with Crippen LogP contribution in [0.25, 0.3) is 0 Å². The maximum absolute atomic E-state index is 14.4. The molecule has 52 heavy (non-hydrogen) atoms. The Morgan fingerprint density at radius 3 is 1.42 bits per heavy atom. The van der Waals surface area contributed by atoms with Gasteiger partial charge in [0.05, 0.1) is 5.92 Å². The first-order valence-electron chi connectivity index (χ1n) is 17.2. The lowest BCUT2D eigenvalue weighted by atomic mass is 9.99. The summed E-state index contributed by atoms with van der Waals surface area (Å²) in [5, 5.41) is 5.48. The quantitative estimate of drug-likeness (QED) is 0.0692. The molecule has 0 saturated carbocycles.